The van der Waals surface area contributed by atoms with Crippen LogP contribution in [0.25, 0.3) is 0 Å². The zero-order valence-corrected chi connectivity index (χ0v) is 10.8. The van der Waals surface area contributed by atoms with Crippen LogP contribution in [0.4, 0.5) is 0 Å². The van der Waals surface area contributed by atoms with Crippen LogP contribution in [0, 0.1) is 12.8 Å². The van der Waals surface area contributed by atoms with Gasteiger partial charge in [-0.25, -0.2) is 0 Å². The smallest absolute Gasteiger partial charge is 0.303 e. The molecule has 1 heterocycles. The summed E-state index contributed by atoms with van der Waals surface area (Å²) in [6.07, 6.45) is 0.647. The SMILES string of the molecule is CCc1noc(C)c1C(=O)NCC(C)CC(=O)O. The highest BCUT2D eigenvalue weighted by molar-refractivity contribution is 5.96. The van der Waals surface area contributed by atoms with Gasteiger partial charge in [-0.2, -0.15) is 0 Å². The Kier molecular flexibility index (Phi) is 4.88. The predicted molar refractivity (Wildman–Crippen MR) is 64.4 cm³/mol. The molecule has 0 fully saturated rings. The summed E-state index contributed by atoms with van der Waals surface area (Å²) in [5.74, 6) is -0.762. The molecule has 18 heavy (non-hydrogen) atoms. The number of nitrogens with one attached hydrogen (secondary N) is 1. The van der Waals surface area contributed by atoms with E-state index in [9.17, 15) is 9.59 Å². The van der Waals surface area contributed by atoms with Crippen LogP contribution < -0.4 is 5.32 Å². The van der Waals surface area contributed by atoms with E-state index in [2.05, 4.69) is 10.5 Å². The minimum atomic E-state index is -0.868. The summed E-state index contributed by atoms with van der Waals surface area (Å²) >= 11 is 0. The van der Waals surface area contributed by atoms with Crippen molar-refractivity contribution in [2.75, 3.05) is 6.54 Å². The molecule has 0 aliphatic rings. The number of nitrogens with zero attached hydrogens (tertiary/aromatic N) is 1. The normalized spacial score (nSPS) is 12.2. The molecule has 1 aromatic heterocycles. The Balaban J connectivity index is 2.60. The van der Waals surface area contributed by atoms with Crippen molar-refractivity contribution in [3.63, 3.8) is 0 Å². The van der Waals surface area contributed by atoms with Crippen molar-refractivity contribution in [3.8, 4) is 0 Å². The van der Waals surface area contributed by atoms with Crippen LogP contribution in [0.3, 0.4) is 0 Å². The van der Waals surface area contributed by atoms with Gasteiger partial charge in [0, 0.05) is 13.0 Å². The zero-order valence-electron chi connectivity index (χ0n) is 10.8. The maximum absolute atomic E-state index is 11.9. The van der Waals surface area contributed by atoms with Gasteiger partial charge < -0.3 is 14.9 Å². The van der Waals surface area contributed by atoms with Crippen LogP contribution in [-0.2, 0) is 11.2 Å². The number of carbonyl (C=O) groups excluding carboxylic acids is 1. The number of aromatic nitrogens is 1. The number of aliphatic carboxylic acids is 1. The second kappa shape index (κ2) is 6.18. The number of aryl methyl sites for hydroxylation is 2. The second-order valence-electron chi connectivity index (χ2n) is 4.33. The Bertz CT molecular complexity index is 439. The van der Waals surface area contributed by atoms with Crippen LogP contribution >= 0.6 is 0 Å². The number of hydrogen-bond acceptors (Lipinski definition) is 4. The van der Waals surface area contributed by atoms with Crippen LogP contribution in [0.5, 0.6) is 0 Å². The lowest BCUT2D eigenvalue weighted by molar-refractivity contribution is -0.137. The fourth-order valence-electron chi connectivity index (χ4n) is 1.68. The molecule has 0 aromatic carbocycles. The molecule has 0 radical (unpaired) electrons. The lowest BCUT2D eigenvalue weighted by atomic mass is 10.1. The van der Waals surface area contributed by atoms with E-state index in [4.69, 9.17) is 9.63 Å². The fraction of sp³-hybridized carbons (Fsp3) is 0.583. The minimum Gasteiger partial charge on any atom is -0.481 e. The first-order chi connectivity index (χ1) is 8.45. The molecule has 6 heteroatoms. The highest BCUT2D eigenvalue weighted by atomic mass is 16.5. The highest BCUT2D eigenvalue weighted by Gasteiger charge is 2.19. The number of rotatable bonds is 6. The lowest BCUT2D eigenvalue weighted by Crippen LogP contribution is -2.30. The Labute approximate surface area is 105 Å². The molecule has 0 saturated heterocycles. The van der Waals surface area contributed by atoms with Crippen molar-refractivity contribution >= 4 is 11.9 Å². The van der Waals surface area contributed by atoms with Gasteiger partial charge >= 0.3 is 5.97 Å². The second-order valence-corrected chi connectivity index (χ2v) is 4.33. The fourth-order valence-corrected chi connectivity index (χ4v) is 1.68. The molecule has 0 aliphatic heterocycles. The average molecular weight is 254 g/mol. The molecule has 2 N–H and O–H groups in total. The predicted octanol–water partition coefficient (Wildman–Crippen LogP) is 1.39. The highest BCUT2D eigenvalue weighted by Crippen LogP contribution is 2.13. The third-order valence-corrected chi connectivity index (χ3v) is 2.63. The summed E-state index contributed by atoms with van der Waals surface area (Å²) in [5.41, 5.74) is 1.08. The summed E-state index contributed by atoms with van der Waals surface area (Å²) in [5, 5.41) is 15.1. The number of hydrogen-bond donors (Lipinski definition) is 2. The summed E-state index contributed by atoms with van der Waals surface area (Å²) in [7, 11) is 0. The van der Waals surface area contributed by atoms with Gasteiger partial charge in [-0.15, -0.1) is 0 Å². The van der Waals surface area contributed by atoms with Gasteiger partial charge in [0.1, 0.15) is 11.3 Å². The largest absolute Gasteiger partial charge is 0.481 e. The lowest BCUT2D eigenvalue weighted by Gasteiger charge is -2.10. The monoisotopic (exact) mass is 254 g/mol. The molecule has 1 aromatic rings. The van der Waals surface area contributed by atoms with Crippen LogP contribution in [-0.4, -0.2) is 28.7 Å². The first-order valence-corrected chi connectivity index (χ1v) is 5.90. The molecule has 0 bridgehead atoms. The number of carbonyl (C=O) groups is 2. The molecule has 0 aliphatic carbocycles. The maximum atomic E-state index is 11.9. The van der Waals surface area contributed by atoms with E-state index in [0.29, 0.717) is 30.0 Å². The molecule has 1 atom stereocenters. The summed E-state index contributed by atoms with van der Waals surface area (Å²) in [6, 6.07) is 0. The van der Waals surface area contributed by atoms with E-state index in [1.807, 2.05) is 6.92 Å². The standard InChI is InChI=1S/C12H18N2O4/c1-4-9-11(8(3)18-14-9)12(17)13-6-7(2)5-10(15)16/h7H,4-6H2,1-3H3,(H,13,17)(H,15,16). The third kappa shape index (κ3) is 3.58. The summed E-state index contributed by atoms with van der Waals surface area (Å²) < 4.78 is 4.97. The molecule has 100 valence electrons. The molecule has 0 spiro atoms. The molecule has 1 unspecified atom stereocenters. The Morgan fingerprint density at radius 2 is 2.17 bits per heavy atom. The zero-order chi connectivity index (χ0) is 13.7. The van der Waals surface area contributed by atoms with Crippen LogP contribution in [0.1, 0.15) is 42.1 Å². The van der Waals surface area contributed by atoms with Crippen LogP contribution in [0.2, 0.25) is 0 Å². The number of carboxylic acid groups (broad SMARTS) is 1. The number of carboxylic acids is 1. The van der Waals surface area contributed by atoms with Crippen molar-refractivity contribution in [3.05, 3.63) is 17.0 Å². The molecule has 1 amide bonds. The first kappa shape index (κ1) is 14.2. The average Bonchev–Trinajstić information content (AvgIpc) is 2.66. The van der Waals surface area contributed by atoms with Crippen molar-refractivity contribution < 1.29 is 19.2 Å². The van der Waals surface area contributed by atoms with Crippen molar-refractivity contribution in [1.82, 2.24) is 10.5 Å². The van der Waals surface area contributed by atoms with E-state index in [0.717, 1.165) is 0 Å². The van der Waals surface area contributed by atoms with E-state index < -0.39 is 5.97 Å². The molecular weight excluding hydrogens is 236 g/mol. The van der Waals surface area contributed by atoms with Gasteiger partial charge in [0.2, 0.25) is 0 Å². The van der Waals surface area contributed by atoms with Gasteiger partial charge in [0.25, 0.3) is 5.91 Å². The van der Waals surface area contributed by atoms with Crippen molar-refractivity contribution in [2.45, 2.75) is 33.6 Å². The van der Waals surface area contributed by atoms with E-state index in [-0.39, 0.29) is 18.2 Å². The Morgan fingerprint density at radius 3 is 2.72 bits per heavy atom. The molecular formula is C12H18N2O4. The first-order valence-electron chi connectivity index (χ1n) is 5.90. The van der Waals surface area contributed by atoms with Crippen molar-refractivity contribution in [1.29, 1.82) is 0 Å². The summed E-state index contributed by atoms with van der Waals surface area (Å²) in [6.45, 7) is 5.66. The Morgan fingerprint density at radius 1 is 1.50 bits per heavy atom. The number of amides is 1. The van der Waals surface area contributed by atoms with Gasteiger partial charge in [-0.3, -0.25) is 9.59 Å². The van der Waals surface area contributed by atoms with E-state index in [1.54, 1.807) is 13.8 Å². The van der Waals surface area contributed by atoms with E-state index in [1.165, 1.54) is 0 Å². The van der Waals surface area contributed by atoms with E-state index >= 15 is 0 Å². The Hall–Kier alpha value is -1.85. The molecule has 0 saturated carbocycles. The van der Waals surface area contributed by atoms with Gasteiger partial charge in [0.05, 0.1) is 5.69 Å². The van der Waals surface area contributed by atoms with Crippen LogP contribution in [0.15, 0.2) is 4.52 Å². The minimum absolute atomic E-state index is 0.0313. The molecule has 6 nitrogen and oxygen atoms in total. The van der Waals surface area contributed by atoms with Gasteiger partial charge in [-0.05, 0) is 19.3 Å². The quantitative estimate of drug-likeness (QED) is 0.800. The topological polar surface area (TPSA) is 92.4 Å². The summed E-state index contributed by atoms with van der Waals surface area (Å²) in [4.78, 5) is 22.4. The van der Waals surface area contributed by atoms with Crippen molar-refractivity contribution in [2.24, 2.45) is 5.92 Å². The third-order valence-electron chi connectivity index (χ3n) is 2.63. The maximum Gasteiger partial charge on any atom is 0.303 e. The van der Waals surface area contributed by atoms with Gasteiger partial charge in [-0.1, -0.05) is 19.0 Å². The molecule has 1 rings (SSSR count). The van der Waals surface area contributed by atoms with Gasteiger partial charge in [0.15, 0.2) is 0 Å².